The van der Waals surface area contributed by atoms with E-state index in [1.165, 1.54) is 0 Å². The minimum Gasteiger partial charge on any atom is -0.490 e. The third-order valence-electron chi connectivity index (χ3n) is 3.85. The zero-order valence-corrected chi connectivity index (χ0v) is 13.3. The summed E-state index contributed by atoms with van der Waals surface area (Å²) in [6.45, 7) is 3.74. The van der Waals surface area contributed by atoms with Crippen LogP contribution >= 0.6 is 0 Å². The van der Waals surface area contributed by atoms with E-state index in [1.54, 1.807) is 12.4 Å². The van der Waals surface area contributed by atoms with Gasteiger partial charge in [-0.05, 0) is 19.2 Å². The van der Waals surface area contributed by atoms with E-state index in [2.05, 4.69) is 27.2 Å². The van der Waals surface area contributed by atoms with Crippen LogP contribution in [-0.4, -0.2) is 54.8 Å². The molecule has 1 aromatic heterocycles. The Balaban J connectivity index is 1.57. The molecule has 0 spiro atoms. The molecule has 1 aliphatic rings. The van der Waals surface area contributed by atoms with Crippen molar-refractivity contribution in [2.24, 2.45) is 0 Å². The lowest BCUT2D eigenvalue weighted by atomic mass is 10.1. The molecule has 6 nitrogen and oxygen atoms in total. The number of likely N-dealkylation sites (N-methyl/N-ethyl adjacent to an activating group) is 1. The van der Waals surface area contributed by atoms with Crippen LogP contribution in [0.15, 0.2) is 42.7 Å². The molecule has 23 heavy (non-hydrogen) atoms. The van der Waals surface area contributed by atoms with Crippen LogP contribution in [0.4, 0.5) is 0 Å². The second kappa shape index (κ2) is 7.89. The molecule has 1 aliphatic heterocycles. The largest absolute Gasteiger partial charge is 0.490 e. The van der Waals surface area contributed by atoms with Gasteiger partial charge in [-0.2, -0.15) is 0 Å². The van der Waals surface area contributed by atoms with Crippen LogP contribution in [0.5, 0.6) is 11.6 Å². The van der Waals surface area contributed by atoms with Crippen molar-refractivity contribution in [2.45, 2.75) is 6.04 Å². The number of aromatic nitrogens is 2. The van der Waals surface area contributed by atoms with E-state index in [0.29, 0.717) is 19.1 Å². The van der Waals surface area contributed by atoms with Crippen LogP contribution in [0.25, 0.3) is 0 Å². The van der Waals surface area contributed by atoms with E-state index in [0.717, 1.165) is 31.1 Å². The zero-order chi connectivity index (χ0) is 15.9. The molecule has 1 atom stereocenters. The average Bonchev–Trinajstić information content (AvgIpc) is 2.61. The fourth-order valence-electron chi connectivity index (χ4n) is 2.60. The highest BCUT2D eigenvalue weighted by atomic mass is 16.5. The summed E-state index contributed by atoms with van der Waals surface area (Å²) in [4.78, 5) is 11.1. The number of nitrogens with one attached hydrogen (secondary N) is 1. The Morgan fingerprint density at radius 2 is 1.91 bits per heavy atom. The van der Waals surface area contributed by atoms with Crippen molar-refractivity contribution < 1.29 is 9.47 Å². The van der Waals surface area contributed by atoms with E-state index in [9.17, 15) is 0 Å². The van der Waals surface area contributed by atoms with Gasteiger partial charge in [-0.1, -0.05) is 18.2 Å². The van der Waals surface area contributed by atoms with E-state index < -0.39 is 0 Å². The monoisotopic (exact) mass is 314 g/mol. The van der Waals surface area contributed by atoms with Crippen molar-refractivity contribution in [3.63, 3.8) is 0 Å². The normalized spacial score (nSPS) is 18.6. The number of piperazine rings is 1. The molecule has 122 valence electrons. The molecule has 0 saturated carbocycles. The molecule has 6 heteroatoms. The van der Waals surface area contributed by atoms with Gasteiger partial charge < -0.3 is 14.8 Å². The SMILES string of the molecule is CN1CCNC[C@@H]1c1nccnc1OCCOc1ccccc1. The minimum atomic E-state index is 0.183. The molecule has 0 bridgehead atoms. The maximum Gasteiger partial charge on any atom is 0.237 e. The quantitative estimate of drug-likeness (QED) is 0.816. The van der Waals surface area contributed by atoms with E-state index >= 15 is 0 Å². The van der Waals surface area contributed by atoms with Crippen molar-refractivity contribution in [3.8, 4) is 11.6 Å². The van der Waals surface area contributed by atoms with Gasteiger partial charge in [-0.25, -0.2) is 4.98 Å². The Morgan fingerprint density at radius 3 is 2.74 bits per heavy atom. The van der Waals surface area contributed by atoms with Crippen LogP contribution in [0.2, 0.25) is 0 Å². The average molecular weight is 314 g/mol. The van der Waals surface area contributed by atoms with Gasteiger partial charge in [0.1, 0.15) is 24.7 Å². The summed E-state index contributed by atoms with van der Waals surface area (Å²) < 4.78 is 11.4. The Kier molecular flexibility index (Phi) is 5.39. The molecule has 2 heterocycles. The predicted octanol–water partition coefficient (Wildman–Crippen LogP) is 1.51. The number of hydrogen-bond acceptors (Lipinski definition) is 6. The van der Waals surface area contributed by atoms with Crippen molar-refractivity contribution in [2.75, 3.05) is 39.9 Å². The molecular formula is C17H22N4O2. The van der Waals surface area contributed by atoms with Gasteiger partial charge in [-0.3, -0.25) is 9.88 Å². The summed E-state index contributed by atoms with van der Waals surface area (Å²) in [6.07, 6.45) is 3.37. The number of benzene rings is 1. The maximum atomic E-state index is 5.81. The molecule has 3 rings (SSSR count). The smallest absolute Gasteiger partial charge is 0.237 e. The van der Waals surface area contributed by atoms with Gasteiger partial charge >= 0.3 is 0 Å². The first-order valence-electron chi connectivity index (χ1n) is 7.87. The van der Waals surface area contributed by atoms with Gasteiger partial charge in [0.2, 0.25) is 5.88 Å². The first-order valence-corrected chi connectivity index (χ1v) is 7.87. The molecule has 1 N–H and O–H groups in total. The van der Waals surface area contributed by atoms with Crippen molar-refractivity contribution >= 4 is 0 Å². The zero-order valence-electron chi connectivity index (χ0n) is 13.3. The first-order chi connectivity index (χ1) is 11.3. The van der Waals surface area contributed by atoms with Gasteiger partial charge in [0.05, 0.1) is 6.04 Å². The third kappa shape index (κ3) is 4.18. The standard InChI is InChI=1S/C17H22N4O2/c1-21-10-9-18-13-15(21)16-17(20-8-7-19-16)23-12-11-22-14-5-3-2-4-6-14/h2-8,15,18H,9-13H2,1H3/t15-/m1/s1. The van der Waals surface area contributed by atoms with Gasteiger partial charge in [-0.15, -0.1) is 0 Å². The summed E-state index contributed by atoms with van der Waals surface area (Å²) in [6, 6.07) is 9.89. The number of nitrogens with zero attached hydrogens (tertiary/aromatic N) is 3. The lowest BCUT2D eigenvalue weighted by Crippen LogP contribution is -2.44. The van der Waals surface area contributed by atoms with Crippen LogP contribution in [0.1, 0.15) is 11.7 Å². The van der Waals surface area contributed by atoms with Gasteiger partial charge in [0.25, 0.3) is 0 Å². The summed E-state index contributed by atoms with van der Waals surface area (Å²) >= 11 is 0. The first kappa shape index (κ1) is 15.7. The second-order valence-corrected chi connectivity index (χ2v) is 5.46. The summed E-state index contributed by atoms with van der Waals surface area (Å²) in [7, 11) is 2.10. The lowest BCUT2D eigenvalue weighted by Gasteiger charge is -2.32. The molecular weight excluding hydrogens is 292 g/mol. The van der Waals surface area contributed by atoms with Gasteiger partial charge in [0, 0.05) is 32.0 Å². The highest BCUT2D eigenvalue weighted by molar-refractivity contribution is 5.23. The Hall–Kier alpha value is -2.18. The lowest BCUT2D eigenvalue weighted by molar-refractivity contribution is 0.179. The molecule has 1 fully saturated rings. The minimum absolute atomic E-state index is 0.183. The molecule has 2 aromatic rings. The highest BCUT2D eigenvalue weighted by Gasteiger charge is 2.25. The Labute approximate surface area is 136 Å². The molecule has 0 amide bonds. The molecule has 1 saturated heterocycles. The van der Waals surface area contributed by atoms with Crippen LogP contribution in [0.3, 0.4) is 0 Å². The van der Waals surface area contributed by atoms with E-state index in [-0.39, 0.29) is 6.04 Å². The van der Waals surface area contributed by atoms with Crippen molar-refractivity contribution in [1.82, 2.24) is 20.2 Å². The number of ether oxygens (including phenoxy) is 2. The second-order valence-electron chi connectivity index (χ2n) is 5.46. The number of para-hydroxylation sites is 1. The fraction of sp³-hybridized carbons (Fsp3) is 0.412. The molecule has 1 aromatic carbocycles. The molecule has 0 unspecified atom stereocenters. The molecule has 0 aliphatic carbocycles. The van der Waals surface area contributed by atoms with Crippen molar-refractivity contribution in [1.29, 1.82) is 0 Å². The van der Waals surface area contributed by atoms with E-state index in [1.807, 2.05) is 30.3 Å². The van der Waals surface area contributed by atoms with Crippen LogP contribution in [-0.2, 0) is 0 Å². The molecule has 0 radical (unpaired) electrons. The number of rotatable bonds is 6. The summed E-state index contributed by atoms with van der Waals surface area (Å²) in [5, 5.41) is 3.39. The Morgan fingerprint density at radius 1 is 1.13 bits per heavy atom. The predicted molar refractivity (Wildman–Crippen MR) is 87.7 cm³/mol. The maximum absolute atomic E-state index is 5.81. The van der Waals surface area contributed by atoms with Gasteiger partial charge in [0.15, 0.2) is 0 Å². The van der Waals surface area contributed by atoms with Crippen LogP contribution in [0, 0.1) is 0 Å². The fourth-order valence-corrected chi connectivity index (χ4v) is 2.60. The summed E-state index contributed by atoms with van der Waals surface area (Å²) in [5.41, 5.74) is 0.877. The Bertz CT molecular complexity index is 609. The van der Waals surface area contributed by atoms with Crippen LogP contribution < -0.4 is 14.8 Å². The topological polar surface area (TPSA) is 59.5 Å². The number of hydrogen-bond donors (Lipinski definition) is 1. The van der Waals surface area contributed by atoms with Crippen molar-refractivity contribution in [3.05, 3.63) is 48.4 Å². The highest BCUT2D eigenvalue weighted by Crippen LogP contribution is 2.25. The van der Waals surface area contributed by atoms with E-state index in [4.69, 9.17) is 9.47 Å². The third-order valence-corrected chi connectivity index (χ3v) is 3.85. The summed E-state index contributed by atoms with van der Waals surface area (Å²) in [5.74, 6) is 1.43.